The number of aromatic nitrogens is 2. The molecule has 0 fully saturated rings. The molecule has 1 aliphatic rings. The first kappa shape index (κ1) is 18.0. The van der Waals surface area contributed by atoms with Crippen LogP contribution in [0.2, 0.25) is 0 Å². The molecule has 0 radical (unpaired) electrons. The Hall–Kier alpha value is -2.77. The zero-order valence-corrected chi connectivity index (χ0v) is 15.0. The van der Waals surface area contributed by atoms with E-state index in [0.29, 0.717) is 29.5 Å². The summed E-state index contributed by atoms with van der Waals surface area (Å²) in [6, 6.07) is 3.95. The fourth-order valence-corrected chi connectivity index (χ4v) is 3.01. The lowest BCUT2D eigenvalue weighted by molar-refractivity contribution is -0.137. The number of hydrogen-bond donors (Lipinski definition) is 1. The summed E-state index contributed by atoms with van der Waals surface area (Å²) in [5.41, 5.74) is 0.954. The van der Waals surface area contributed by atoms with Gasteiger partial charge in [0.2, 0.25) is 23.6 Å². The number of halogens is 1. The van der Waals surface area contributed by atoms with Crippen LogP contribution in [0.5, 0.6) is 0 Å². The fraction of sp³-hybridized carbons (Fsp3) is 0.444. The summed E-state index contributed by atoms with van der Waals surface area (Å²) in [7, 11) is 0. The quantitative estimate of drug-likeness (QED) is 0.885. The van der Waals surface area contributed by atoms with E-state index < -0.39 is 11.7 Å². The lowest BCUT2D eigenvalue weighted by Crippen LogP contribution is -2.42. The van der Waals surface area contributed by atoms with Gasteiger partial charge >= 0.3 is 0 Å². The molecule has 2 heterocycles. The monoisotopic (exact) mass is 360 g/mol. The number of anilines is 1. The summed E-state index contributed by atoms with van der Waals surface area (Å²) < 4.78 is 19.0. The number of nitrogens with one attached hydrogen (secondary N) is 1. The average Bonchev–Trinajstić information content (AvgIpc) is 3.05. The number of benzene rings is 1. The van der Waals surface area contributed by atoms with E-state index in [-0.39, 0.29) is 30.8 Å². The van der Waals surface area contributed by atoms with E-state index in [4.69, 9.17) is 4.42 Å². The first-order valence-electron chi connectivity index (χ1n) is 8.60. The van der Waals surface area contributed by atoms with Crippen molar-refractivity contribution in [1.82, 2.24) is 15.1 Å². The Bertz CT molecular complexity index is 834. The van der Waals surface area contributed by atoms with Crippen LogP contribution in [0.15, 0.2) is 22.6 Å². The van der Waals surface area contributed by atoms with Crippen molar-refractivity contribution in [3.05, 3.63) is 41.4 Å². The van der Waals surface area contributed by atoms with Crippen molar-refractivity contribution in [3.63, 3.8) is 0 Å². The second-order valence-electron chi connectivity index (χ2n) is 6.54. The van der Waals surface area contributed by atoms with Crippen molar-refractivity contribution in [2.45, 2.75) is 52.1 Å². The third-order valence-electron chi connectivity index (χ3n) is 4.38. The highest BCUT2D eigenvalue weighted by Crippen LogP contribution is 2.34. The number of carbonyl (C=O) groups is 2. The highest BCUT2D eigenvalue weighted by molar-refractivity contribution is 6.01. The lowest BCUT2D eigenvalue weighted by atomic mass is 9.89. The molecule has 0 saturated carbocycles. The molecule has 1 atom stereocenters. The van der Waals surface area contributed by atoms with Gasteiger partial charge in [0.05, 0.1) is 12.5 Å². The Balaban J connectivity index is 1.88. The van der Waals surface area contributed by atoms with Gasteiger partial charge in [0, 0.05) is 24.6 Å². The summed E-state index contributed by atoms with van der Waals surface area (Å²) in [6.07, 6.45) is 0.634. The molecular weight excluding hydrogens is 339 g/mol. The molecular formula is C18H21FN4O3. The Morgan fingerprint density at radius 2 is 2.12 bits per heavy atom. The first-order chi connectivity index (χ1) is 12.4. The van der Waals surface area contributed by atoms with Gasteiger partial charge in [0.25, 0.3) is 0 Å². The molecule has 2 amide bonds. The SMILES string of the molecule is CCc1nnc(CN(C(=O)C2CC(=O)Nc3cc(F)ccc32)C(C)C)o1. The maximum atomic E-state index is 13.5. The van der Waals surface area contributed by atoms with Gasteiger partial charge in [-0.25, -0.2) is 4.39 Å². The van der Waals surface area contributed by atoms with Crippen LogP contribution in [0.25, 0.3) is 0 Å². The van der Waals surface area contributed by atoms with Crippen molar-refractivity contribution < 1.29 is 18.4 Å². The van der Waals surface area contributed by atoms with Crippen LogP contribution in [0, 0.1) is 5.82 Å². The molecule has 0 saturated heterocycles. The van der Waals surface area contributed by atoms with E-state index in [0.717, 1.165) is 0 Å². The van der Waals surface area contributed by atoms with Crippen LogP contribution in [0.3, 0.4) is 0 Å². The molecule has 8 heteroatoms. The minimum atomic E-state index is -0.671. The molecule has 138 valence electrons. The smallest absolute Gasteiger partial charge is 0.235 e. The Kier molecular flexibility index (Phi) is 5.01. The van der Waals surface area contributed by atoms with Crippen LogP contribution < -0.4 is 5.32 Å². The molecule has 0 bridgehead atoms. The number of rotatable bonds is 5. The maximum Gasteiger partial charge on any atom is 0.235 e. The summed E-state index contributed by atoms with van der Waals surface area (Å²) in [4.78, 5) is 26.8. The van der Waals surface area contributed by atoms with Crippen molar-refractivity contribution >= 4 is 17.5 Å². The Morgan fingerprint density at radius 1 is 1.38 bits per heavy atom. The lowest BCUT2D eigenvalue weighted by Gasteiger charge is -2.32. The molecule has 3 rings (SSSR count). The number of aryl methyl sites for hydroxylation is 1. The van der Waals surface area contributed by atoms with Gasteiger partial charge in [-0.15, -0.1) is 10.2 Å². The molecule has 1 unspecified atom stereocenters. The Morgan fingerprint density at radius 3 is 2.77 bits per heavy atom. The predicted octanol–water partition coefficient (Wildman–Crippen LogP) is 2.63. The van der Waals surface area contributed by atoms with Gasteiger partial charge in [-0.1, -0.05) is 13.0 Å². The van der Waals surface area contributed by atoms with E-state index in [1.165, 1.54) is 12.1 Å². The van der Waals surface area contributed by atoms with Crippen molar-refractivity contribution in [3.8, 4) is 0 Å². The number of carbonyl (C=O) groups excluding carboxylic acids is 2. The molecule has 7 nitrogen and oxygen atoms in total. The maximum absolute atomic E-state index is 13.5. The zero-order valence-electron chi connectivity index (χ0n) is 15.0. The molecule has 26 heavy (non-hydrogen) atoms. The summed E-state index contributed by atoms with van der Waals surface area (Å²) in [5.74, 6) is -0.807. The summed E-state index contributed by atoms with van der Waals surface area (Å²) >= 11 is 0. The second-order valence-corrected chi connectivity index (χ2v) is 6.54. The number of hydrogen-bond acceptors (Lipinski definition) is 5. The van der Waals surface area contributed by atoms with Gasteiger partial charge in [0.1, 0.15) is 5.82 Å². The molecule has 2 aromatic rings. The third-order valence-corrected chi connectivity index (χ3v) is 4.38. The van der Waals surface area contributed by atoms with Crippen LogP contribution in [-0.2, 0) is 22.6 Å². The van der Waals surface area contributed by atoms with Crippen LogP contribution in [0.4, 0.5) is 10.1 Å². The molecule has 0 spiro atoms. The van der Waals surface area contributed by atoms with Crippen molar-refractivity contribution in [2.75, 3.05) is 5.32 Å². The van der Waals surface area contributed by atoms with Gasteiger partial charge in [-0.05, 0) is 31.5 Å². The van der Waals surface area contributed by atoms with Crippen molar-refractivity contribution in [2.24, 2.45) is 0 Å². The molecule has 1 aliphatic heterocycles. The van der Waals surface area contributed by atoms with Gasteiger partial charge < -0.3 is 14.6 Å². The largest absolute Gasteiger partial charge is 0.423 e. The van der Waals surface area contributed by atoms with Gasteiger partial charge in [-0.2, -0.15) is 0 Å². The predicted molar refractivity (Wildman–Crippen MR) is 91.7 cm³/mol. The van der Waals surface area contributed by atoms with Crippen LogP contribution in [-0.4, -0.2) is 33.0 Å². The van der Waals surface area contributed by atoms with Crippen molar-refractivity contribution in [1.29, 1.82) is 0 Å². The average molecular weight is 360 g/mol. The fourth-order valence-electron chi connectivity index (χ4n) is 3.01. The summed E-state index contributed by atoms with van der Waals surface area (Å²) in [5, 5.41) is 10.5. The zero-order chi connectivity index (χ0) is 18.8. The number of amides is 2. The molecule has 1 N–H and O–H groups in total. The molecule has 1 aromatic heterocycles. The van der Waals surface area contributed by atoms with Gasteiger partial charge in [-0.3, -0.25) is 9.59 Å². The number of nitrogens with zero attached hydrogens (tertiary/aromatic N) is 3. The van der Waals surface area contributed by atoms with E-state index >= 15 is 0 Å². The van der Waals surface area contributed by atoms with E-state index in [1.54, 1.807) is 11.0 Å². The minimum Gasteiger partial charge on any atom is -0.423 e. The van der Waals surface area contributed by atoms with E-state index in [2.05, 4.69) is 15.5 Å². The molecule has 1 aromatic carbocycles. The van der Waals surface area contributed by atoms with Gasteiger partial charge in [0.15, 0.2) is 0 Å². The highest BCUT2D eigenvalue weighted by Gasteiger charge is 2.35. The number of fused-ring (bicyclic) bond motifs is 1. The highest BCUT2D eigenvalue weighted by atomic mass is 19.1. The third kappa shape index (κ3) is 3.58. The topological polar surface area (TPSA) is 88.3 Å². The van der Waals surface area contributed by atoms with Crippen LogP contribution >= 0.6 is 0 Å². The minimum absolute atomic E-state index is 0.0186. The first-order valence-corrected chi connectivity index (χ1v) is 8.60. The van der Waals surface area contributed by atoms with E-state index in [1.807, 2.05) is 20.8 Å². The second kappa shape index (κ2) is 7.23. The van der Waals surface area contributed by atoms with E-state index in [9.17, 15) is 14.0 Å². The van der Waals surface area contributed by atoms with Crippen LogP contribution in [0.1, 0.15) is 50.5 Å². The summed E-state index contributed by atoms with van der Waals surface area (Å²) in [6.45, 7) is 5.82. The standard InChI is InChI=1S/C18H21FN4O3/c1-4-16-21-22-17(26-16)9-23(10(2)3)18(25)13-8-15(24)20-14-7-11(19)5-6-12(13)14/h5-7,10,13H,4,8-9H2,1-3H3,(H,20,24). The Labute approximate surface area is 150 Å². The normalized spacial score (nSPS) is 16.3. The molecule has 0 aliphatic carbocycles.